The first-order valence-electron chi connectivity index (χ1n) is 10.1. The van der Waals surface area contributed by atoms with Gasteiger partial charge in [-0.25, -0.2) is 4.79 Å². The normalized spacial score (nSPS) is 10.3. The van der Waals surface area contributed by atoms with Gasteiger partial charge in [-0.2, -0.15) is 0 Å². The number of hydrogen-bond acceptors (Lipinski definition) is 2. The Bertz CT molecular complexity index is 943. The summed E-state index contributed by atoms with van der Waals surface area (Å²) in [5.41, 5.74) is 4.18. The number of amides is 3. The molecule has 0 aromatic heterocycles. The van der Waals surface area contributed by atoms with E-state index in [9.17, 15) is 9.59 Å². The Labute approximate surface area is 177 Å². The van der Waals surface area contributed by atoms with Crippen LogP contribution in [0.1, 0.15) is 22.3 Å². The first kappa shape index (κ1) is 21.1. The molecule has 0 radical (unpaired) electrons. The third-order valence-electron chi connectivity index (χ3n) is 4.68. The summed E-state index contributed by atoms with van der Waals surface area (Å²) in [5, 5.41) is 8.69. The molecule has 0 saturated carbocycles. The average Bonchev–Trinajstić information content (AvgIpc) is 2.78. The van der Waals surface area contributed by atoms with Crippen LogP contribution in [0.2, 0.25) is 0 Å². The monoisotopic (exact) mass is 401 g/mol. The summed E-state index contributed by atoms with van der Waals surface area (Å²) in [6, 6.07) is 27.4. The molecule has 154 valence electrons. The van der Waals surface area contributed by atoms with Gasteiger partial charge in [-0.1, -0.05) is 84.9 Å². The summed E-state index contributed by atoms with van der Waals surface area (Å²) in [5.74, 6) is -0.0116. The quantitative estimate of drug-likeness (QED) is 0.513. The van der Waals surface area contributed by atoms with Crippen molar-refractivity contribution in [2.24, 2.45) is 0 Å². The summed E-state index contributed by atoms with van der Waals surface area (Å²) < 4.78 is 0. The lowest BCUT2D eigenvalue weighted by atomic mass is 10.1. The van der Waals surface area contributed by atoms with Gasteiger partial charge in [0.2, 0.25) is 5.91 Å². The fourth-order valence-corrected chi connectivity index (χ4v) is 3.10. The second-order valence-corrected chi connectivity index (χ2v) is 7.10. The smallest absolute Gasteiger partial charge is 0.315 e. The van der Waals surface area contributed by atoms with E-state index in [4.69, 9.17) is 0 Å². The molecule has 5 heteroatoms. The molecule has 3 aromatic carbocycles. The largest absolute Gasteiger partial charge is 0.352 e. The van der Waals surface area contributed by atoms with Crippen LogP contribution in [0.15, 0.2) is 84.9 Å². The summed E-state index contributed by atoms with van der Waals surface area (Å²) in [6.07, 6.45) is 1.16. The van der Waals surface area contributed by atoms with Gasteiger partial charge in [0.05, 0.1) is 6.42 Å². The maximum absolute atomic E-state index is 12.1. The van der Waals surface area contributed by atoms with Crippen molar-refractivity contribution in [1.82, 2.24) is 16.0 Å². The van der Waals surface area contributed by atoms with Gasteiger partial charge in [0, 0.05) is 19.6 Å². The van der Waals surface area contributed by atoms with Crippen LogP contribution in [-0.4, -0.2) is 18.5 Å². The predicted molar refractivity (Wildman–Crippen MR) is 119 cm³/mol. The highest BCUT2D eigenvalue weighted by atomic mass is 16.2. The molecule has 0 unspecified atom stereocenters. The van der Waals surface area contributed by atoms with Gasteiger partial charge in [0.1, 0.15) is 0 Å². The standard InChI is InChI=1S/C25H27N3O2/c29-24(17-21-10-5-2-6-11-21)27-18-22-12-7-13-23(16-22)19-28-25(30)26-15-14-20-8-3-1-4-9-20/h1-13,16H,14-15,17-19H2,(H,27,29)(H2,26,28,30). The van der Waals surface area contributed by atoms with Crippen molar-refractivity contribution in [3.8, 4) is 0 Å². The van der Waals surface area contributed by atoms with Gasteiger partial charge in [0.15, 0.2) is 0 Å². The fraction of sp³-hybridized carbons (Fsp3) is 0.200. The van der Waals surface area contributed by atoms with Crippen molar-refractivity contribution in [2.75, 3.05) is 6.54 Å². The molecule has 0 heterocycles. The Morgan fingerprint density at radius 2 is 1.17 bits per heavy atom. The molecule has 0 atom stereocenters. The van der Waals surface area contributed by atoms with Crippen LogP contribution in [0.4, 0.5) is 4.79 Å². The highest BCUT2D eigenvalue weighted by Crippen LogP contribution is 2.06. The van der Waals surface area contributed by atoms with Gasteiger partial charge in [0.25, 0.3) is 0 Å². The van der Waals surface area contributed by atoms with Gasteiger partial charge in [-0.05, 0) is 28.7 Å². The zero-order valence-corrected chi connectivity index (χ0v) is 16.9. The van der Waals surface area contributed by atoms with Crippen molar-refractivity contribution in [3.63, 3.8) is 0 Å². The van der Waals surface area contributed by atoms with E-state index in [0.717, 1.165) is 23.1 Å². The third kappa shape index (κ3) is 7.43. The van der Waals surface area contributed by atoms with Crippen molar-refractivity contribution in [1.29, 1.82) is 0 Å². The highest BCUT2D eigenvalue weighted by molar-refractivity contribution is 5.78. The van der Waals surface area contributed by atoms with Crippen LogP contribution in [0, 0.1) is 0 Å². The molecule has 30 heavy (non-hydrogen) atoms. The Morgan fingerprint density at radius 3 is 1.83 bits per heavy atom. The molecule has 0 aliphatic heterocycles. The number of hydrogen-bond donors (Lipinski definition) is 3. The van der Waals surface area contributed by atoms with Gasteiger partial charge in [-0.3, -0.25) is 4.79 Å². The number of urea groups is 1. The summed E-state index contributed by atoms with van der Waals surface area (Å²) in [7, 11) is 0. The number of carbonyl (C=O) groups is 2. The van der Waals surface area contributed by atoms with Crippen LogP contribution in [0.25, 0.3) is 0 Å². The molecule has 3 amide bonds. The van der Waals surface area contributed by atoms with Crippen molar-refractivity contribution in [3.05, 3.63) is 107 Å². The Balaban J connectivity index is 1.38. The number of benzene rings is 3. The average molecular weight is 402 g/mol. The number of rotatable bonds is 9. The highest BCUT2D eigenvalue weighted by Gasteiger charge is 2.05. The van der Waals surface area contributed by atoms with Gasteiger partial charge in [-0.15, -0.1) is 0 Å². The second kappa shape index (κ2) is 11.4. The SMILES string of the molecule is O=C(Cc1ccccc1)NCc1cccc(CNC(=O)NCCc2ccccc2)c1. The molecule has 0 aliphatic rings. The fourth-order valence-electron chi connectivity index (χ4n) is 3.10. The lowest BCUT2D eigenvalue weighted by Gasteiger charge is -2.10. The van der Waals surface area contributed by atoms with E-state index >= 15 is 0 Å². The molecule has 0 fully saturated rings. The molecular weight excluding hydrogens is 374 g/mol. The zero-order chi connectivity index (χ0) is 21.0. The van der Waals surface area contributed by atoms with E-state index in [-0.39, 0.29) is 11.9 Å². The van der Waals surface area contributed by atoms with E-state index in [2.05, 4.69) is 16.0 Å². The van der Waals surface area contributed by atoms with Crippen LogP contribution in [0.3, 0.4) is 0 Å². The minimum absolute atomic E-state index is 0.0116. The molecule has 0 spiro atoms. The van der Waals surface area contributed by atoms with Crippen LogP contribution in [-0.2, 0) is 30.7 Å². The molecule has 3 N–H and O–H groups in total. The van der Waals surface area contributed by atoms with E-state index < -0.39 is 0 Å². The van der Waals surface area contributed by atoms with Gasteiger partial charge < -0.3 is 16.0 Å². The van der Waals surface area contributed by atoms with Crippen molar-refractivity contribution in [2.45, 2.75) is 25.9 Å². The summed E-state index contributed by atoms with van der Waals surface area (Å²) in [6.45, 7) is 1.48. The summed E-state index contributed by atoms with van der Waals surface area (Å²) in [4.78, 5) is 24.1. The first-order valence-corrected chi connectivity index (χ1v) is 10.1. The minimum atomic E-state index is -0.188. The molecule has 5 nitrogen and oxygen atoms in total. The lowest BCUT2D eigenvalue weighted by Crippen LogP contribution is -2.36. The zero-order valence-electron chi connectivity index (χ0n) is 16.9. The molecule has 0 aliphatic carbocycles. The van der Waals surface area contributed by atoms with Crippen molar-refractivity contribution < 1.29 is 9.59 Å². The molecular formula is C25H27N3O2. The maximum Gasteiger partial charge on any atom is 0.315 e. The summed E-state index contributed by atoms with van der Waals surface area (Å²) >= 11 is 0. The molecule has 3 aromatic rings. The minimum Gasteiger partial charge on any atom is -0.352 e. The number of nitrogens with one attached hydrogen (secondary N) is 3. The van der Waals surface area contributed by atoms with Crippen LogP contribution >= 0.6 is 0 Å². The lowest BCUT2D eigenvalue weighted by molar-refractivity contribution is -0.120. The molecule has 3 rings (SSSR count). The van der Waals surface area contributed by atoms with Crippen LogP contribution < -0.4 is 16.0 Å². The van der Waals surface area contributed by atoms with E-state index in [1.807, 2.05) is 84.9 Å². The van der Waals surface area contributed by atoms with E-state index in [1.54, 1.807) is 0 Å². The predicted octanol–water partition coefficient (Wildman–Crippen LogP) is 3.59. The van der Waals surface area contributed by atoms with Crippen LogP contribution in [0.5, 0.6) is 0 Å². The van der Waals surface area contributed by atoms with Crippen molar-refractivity contribution >= 4 is 11.9 Å². The molecule has 0 saturated heterocycles. The molecule has 0 bridgehead atoms. The Hall–Kier alpha value is -3.60. The maximum atomic E-state index is 12.1. The van der Waals surface area contributed by atoms with Gasteiger partial charge >= 0.3 is 6.03 Å². The third-order valence-corrected chi connectivity index (χ3v) is 4.68. The van der Waals surface area contributed by atoms with E-state index in [0.29, 0.717) is 26.1 Å². The second-order valence-electron chi connectivity index (χ2n) is 7.10. The topological polar surface area (TPSA) is 70.2 Å². The van der Waals surface area contributed by atoms with E-state index in [1.165, 1.54) is 5.56 Å². The Kier molecular flexibility index (Phi) is 8.03. The number of carbonyl (C=O) groups excluding carboxylic acids is 2. The Morgan fingerprint density at radius 1 is 0.600 bits per heavy atom. The first-order chi connectivity index (χ1) is 14.7.